The van der Waals surface area contributed by atoms with E-state index in [9.17, 15) is 0 Å². The minimum atomic E-state index is 0.309. The summed E-state index contributed by atoms with van der Waals surface area (Å²) in [5, 5.41) is 3.38. The van der Waals surface area contributed by atoms with Crippen molar-refractivity contribution in [3.63, 3.8) is 0 Å². The van der Waals surface area contributed by atoms with Crippen LogP contribution in [0.1, 0.15) is 39.2 Å². The number of nitrogens with zero attached hydrogens (tertiary/aromatic N) is 3. The van der Waals surface area contributed by atoms with Crippen LogP contribution in [0.4, 0.5) is 11.6 Å². The fraction of sp³-hybridized carbons (Fsp3) is 0.692. The summed E-state index contributed by atoms with van der Waals surface area (Å²) in [6.45, 7) is 12.5. The normalized spacial score (nSPS) is 11.1. The number of rotatable bonds is 8. The Kier molecular flexibility index (Phi) is 6.52. The maximum Gasteiger partial charge on any atom is 0.148 e. The number of nitrogens with two attached hydrogens (primary N) is 1. The molecule has 1 aromatic rings. The largest absolute Gasteiger partial charge is 0.368 e. The highest BCUT2D eigenvalue weighted by atomic mass is 15.3. The van der Waals surface area contributed by atoms with E-state index in [0.717, 1.165) is 37.6 Å². The average Bonchev–Trinajstić information content (AvgIpc) is 2.42. The first-order chi connectivity index (χ1) is 9.13. The predicted octanol–water partition coefficient (Wildman–Crippen LogP) is 1.64. The first kappa shape index (κ1) is 15.7. The van der Waals surface area contributed by atoms with Crippen molar-refractivity contribution in [1.29, 1.82) is 0 Å². The first-order valence-corrected chi connectivity index (χ1v) is 6.91. The molecular formula is C13H26N6. The third-order valence-electron chi connectivity index (χ3n) is 3.21. The lowest BCUT2D eigenvalue weighted by Gasteiger charge is -2.20. The third kappa shape index (κ3) is 4.33. The molecule has 0 aliphatic heterocycles. The van der Waals surface area contributed by atoms with Crippen molar-refractivity contribution in [2.75, 3.05) is 36.9 Å². The molecule has 4 N–H and O–H groups in total. The Morgan fingerprint density at radius 2 is 1.84 bits per heavy atom. The molecule has 0 unspecified atom stereocenters. The van der Waals surface area contributed by atoms with Gasteiger partial charge in [0.1, 0.15) is 18.0 Å². The second-order valence-corrected chi connectivity index (χ2v) is 4.74. The molecular weight excluding hydrogens is 240 g/mol. The Morgan fingerprint density at radius 1 is 1.21 bits per heavy atom. The van der Waals surface area contributed by atoms with Crippen molar-refractivity contribution in [2.24, 2.45) is 5.84 Å². The summed E-state index contributed by atoms with van der Waals surface area (Å²) in [5.41, 5.74) is 3.67. The van der Waals surface area contributed by atoms with Crippen molar-refractivity contribution in [1.82, 2.24) is 14.9 Å². The zero-order valence-corrected chi connectivity index (χ0v) is 12.4. The van der Waals surface area contributed by atoms with Gasteiger partial charge in [0.05, 0.1) is 0 Å². The quantitative estimate of drug-likeness (QED) is 0.490. The fourth-order valence-corrected chi connectivity index (χ4v) is 2.07. The highest BCUT2D eigenvalue weighted by Crippen LogP contribution is 2.27. The zero-order valence-electron chi connectivity index (χ0n) is 12.4. The van der Waals surface area contributed by atoms with Gasteiger partial charge in [0.25, 0.3) is 0 Å². The molecule has 0 aliphatic carbocycles. The van der Waals surface area contributed by atoms with E-state index in [1.807, 2.05) is 0 Å². The number of hydrazine groups is 1. The van der Waals surface area contributed by atoms with Crippen LogP contribution in [0.25, 0.3) is 0 Å². The second-order valence-electron chi connectivity index (χ2n) is 4.74. The highest BCUT2D eigenvalue weighted by Gasteiger charge is 2.14. The molecule has 0 radical (unpaired) electrons. The van der Waals surface area contributed by atoms with E-state index in [4.69, 9.17) is 5.84 Å². The summed E-state index contributed by atoms with van der Waals surface area (Å²) >= 11 is 0. The lowest BCUT2D eigenvalue weighted by molar-refractivity contribution is 0.316. The molecule has 0 atom stereocenters. The molecule has 0 saturated carbocycles. The Bertz CT molecular complexity index is 375. The van der Waals surface area contributed by atoms with Gasteiger partial charge in [-0.1, -0.05) is 27.7 Å². The summed E-state index contributed by atoms with van der Waals surface area (Å²) in [6.07, 6.45) is 1.53. The van der Waals surface area contributed by atoms with Crippen molar-refractivity contribution in [3.05, 3.63) is 11.9 Å². The van der Waals surface area contributed by atoms with Crippen LogP contribution < -0.4 is 16.6 Å². The fourth-order valence-electron chi connectivity index (χ4n) is 2.07. The lowest BCUT2D eigenvalue weighted by atomic mass is 10.0. The molecule has 0 spiro atoms. The number of nitrogen functional groups attached to an aromatic ring is 1. The van der Waals surface area contributed by atoms with Crippen LogP contribution in [-0.2, 0) is 0 Å². The maximum atomic E-state index is 5.50. The van der Waals surface area contributed by atoms with Crippen molar-refractivity contribution in [2.45, 2.75) is 33.6 Å². The molecule has 1 rings (SSSR count). The van der Waals surface area contributed by atoms with E-state index in [2.05, 4.69) is 53.3 Å². The van der Waals surface area contributed by atoms with E-state index in [0.29, 0.717) is 11.7 Å². The van der Waals surface area contributed by atoms with E-state index < -0.39 is 0 Å². The van der Waals surface area contributed by atoms with Crippen molar-refractivity contribution < 1.29 is 0 Å². The van der Waals surface area contributed by atoms with E-state index >= 15 is 0 Å². The average molecular weight is 266 g/mol. The topological polar surface area (TPSA) is 79.1 Å². The molecule has 0 amide bonds. The van der Waals surface area contributed by atoms with E-state index in [1.165, 1.54) is 6.33 Å². The molecule has 1 aromatic heterocycles. The van der Waals surface area contributed by atoms with Gasteiger partial charge < -0.3 is 15.6 Å². The zero-order chi connectivity index (χ0) is 14.3. The number of likely N-dealkylation sites (N-methyl/N-ethyl adjacent to an activating group) is 1. The monoisotopic (exact) mass is 266 g/mol. The first-order valence-electron chi connectivity index (χ1n) is 6.91. The minimum Gasteiger partial charge on any atom is -0.368 e. The Hall–Kier alpha value is -1.40. The van der Waals surface area contributed by atoms with Gasteiger partial charge in [0, 0.05) is 18.7 Å². The molecule has 0 saturated heterocycles. The van der Waals surface area contributed by atoms with Gasteiger partial charge in [-0.3, -0.25) is 0 Å². The molecule has 0 bridgehead atoms. The summed E-state index contributed by atoms with van der Waals surface area (Å²) < 4.78 is 0. The molecule has 0 aliphatic rings. The van der Waals surface area contributed by atoms with Crippen LogP contribution in [0, 0.1) is 0 Å². The van der Waals surface area contributed by atoms with Crippen molar-refractivity contribution >= 4 is 11.6 Å². The lowest BCUT2D eigenvalue weighted by Crippen LogP contribution is -2.29. The number of aromatic nitrogens is 2. The highest BCUT2D eigenvalue weighted by molar-refractivity contribution is 5.58. The summed E-state index contributed by atoms with van der Waals surface area (Å²) in [5.74, 6) is 7.37. The molecule has 0 fully saturated rings. The maximum absolute atomic E-state index is 5.50. The predicted molar refractivity (Wildman–Crippen MR) is 80.2 cm³/mol. The van der Waals surface area contributed by atoms with Gasteiger partial charge in [0.2, 0.25) is 0 Å². The smallest absolute Gasteiger partial charge is 0.148 e. The van der Waals surface area contributed by atoms with Crippen LogP contribution in [0.15, 0.2) is 6.33 Å². The SMILES string of the molecule is CCN(CC)CCNc1ncnc(NN)c1C(C)C. The summed E-state index contributed by atoms with van der Waals surface area (Å²) in [4.78, 5) is 10.8. The van der Waals surface area contributed by atoms with E-state index in [1.54, 1.807) is 0 Å². The minimum absolute atomic E-state index is 0.309. The molecule has 0 aromatic carbocycles. The number of hydrogen-bond donors (Lipinski definition) is 3. The summed E-state index contributed by atoms with van der Waals surface area (Å²) in [7, 11) is 0. The summed E-state index contributed by atoms with van der Waals surface area (Å²) in [6, 6.07) is 0. The van der Waals surface area contributed by atoms with Gasteiger partial charge in [-0.25, -0.2) is 15.8 Å². The molecule has 19 heavy (non-hydrogen) atoms. The molecule has 108 valence electrons. The van der Waals surface area contributed by atoms with Crippen LogP contribution in [-0.4, -0.2) is 41.0 Å². The van der Waals surface area contributed by atoms with Crippen LogP contribution in [0.5, 0.6) is 0 Å². The van der Waals surface area contributed by atoms with Gasteiger partial charge >= 0.3 is 0 Å². The number of nitrogens with one attached hydrogen (secondary N) is 2. The molecule has 6 heteroatoms. The van der Waals surface area contributed by atoms with E-state index in [-0.39, 0.29) is 0 Å². The van der Waals surface area contributed by atoms with Crippen molar-refractivity contribution in [3.8, 4) is 0 Å². The Balaban J connectivity index is 2.72. The standard InChI is InChI=1S/C13H26N6/c1-5-19(6-2)8-7-15-12-11(10(3)4)13(18-14)17-9-16-12/h9-10H,5-8,14H2,1-4H3,(H2,15,16,17,18). The van der Waals surface area contributed by atoms with Crippen LogP contribution in [0.3, 0.4) is 0 Å². The Labute approximate surface area is 115 Å². The van der Waals surface area contributed by atoms with Gasteiger partial charge in [0.15, 0.2) is 0 Å². The molecule has 6 nitrogen and oxygen atoms in total. The number of anilines is 2. The number of hydrogen-bond acceptors (Lipinski definition) is 6. The second kappa shape index (κ2) is 7.91. The third-order valence-corrected chi connectivity index (χ3v) is 3.21. The van der Waals surface area contributed by atoms with Gasteiger partial charge in [-0.2, -0.15) is 0 Å². The Morgan fingerprint density at radius 3 is 2.37 bits per heavy atom. The van der Waals surface area contributed by atoms with Gasteiger partial charge in [-0.05, 0) is 19.0 Å². The van der Waals surface area contributed by atoms with Gasteiger partial charge in [-0.15, -0.1) is 0 Å². The van der Waals surface area contributed by atoms with Crippen LogP contribution >= 0.6 is 0 Å². The van der Waals surface area contributed by atoms with Crippen LogP contribution in [0.2, 0.25) is 0 Å². The molecule has 1 heterocycles.